The summed E-state index contributed by atoms with van der Waals surface area (Å²) in [5.74, 6) is -0.309. The molecule has 1 heterocycles. The SMILES string of the molecule is COC(=O)C(C)=CCn1cc(Br)cn1. The summed E-state index contributed by atoms with van der Waals surface area (Å²) in [5, 5.41) is 4.05. The van der Waals surface area contributed by atoms with Crippen molar-refractivity contribution in [3.8, 4) is 0 Å². The lowest BCUT2D eigenvalue weighted by Crippen LogP contribution is -2.03. The number of halogens is 1. The zero-order valence-electron chi connectivity index (χ0n) is 8.03. The van der Waals surface area contributed by atoms with Gasteiger partial charge in [0.2, 0.25) is 0 Å². The van der Waals surface area contributed by atoms with Gasteiger partial charge in [-0.05, 0) is 22.9 Å². The van der Waals surface area contributed by atoms with Gasteiger partial charge >= 0.3 is 5.97 Å². The molecule has 0 aliphatic heterocycles. The highest BCUT2D eigenvalue weighted by Gasteiger charge is 2.01. The van der Waals surface area contributed by atoms with Crippen molar-refractivity contribution < 1.29 is 9.53 Å². The van der Waals surface area contributed by atoms with Crippen molar-refractivity contribution in [2.75, 3.05) is 7.11 Å². The van der Waals surface area contributed by atoms with E-state index in [9.17, 15) is 4.79 Å². The second kappa shape index (κ2) is 4.95. The second-order valence-electron chi connectivity index (χ2n) is 2.76. The first kappa shape index (κ1) is 11.0. The van der Waals surface area contributed by atoms with Gasteiger partial charge in [0.15, 0.2) is 0 Å². The van der Waals surface area contributed by atoms with Crippen LogP contribution in [0.4, 0.5) is 0 Å². The molecule has 0 aliphatic rings. The molecule has 4 nitrogen and oxygen atoms in total. The minimum absolute atomic E-state index is 0.309. The Kier molecular flexibility index (Phi) is 3.88. The third kappa shape index (κ3) is 2.99. The Morgan fingerprint density at radius 1 is 1.79 bits per heavy atom. The monoisotopic (exact) mass is 258 g/mol. The maximum atomic E-state index is 11.0. The number of nitrogens with zero attached hydrogens (tertiary/aromatic N) is 2. The van der Waals surface area contributed by atoms with Gasteiger partial charge in [0, 0.05) is 11.8 Å². The van der Waals surface area contributed by atoms with Gasteiger partial charge in [-0.3, -0.25) is 4.68 Å². The fraction of sp³-hybridized carbons (Fsp3) is 0.333. The lowest BCUT2D eigenvalue weighted by Gasteiger charge is -1.99. The Morgan fingerprint density at radius 3 is 3.00 bits per heavy atom. The molecule has 1 rings (SSSR count). The Balaban J connectivity index is 2.58. The Bertz CT molecular complexity index is 357. The van der Waals surface area contributed by atoms with Gasteiger partial charge in [0.05, 0.1) is 24.3 Å². The first-order chi connectivity index (χ1) is 6.63. The van der Waals surface area contributed by atoms with E-state index in [0.717, 1.165) is 4.47 Å². The summed E-state index contributed by atoms with van der Waals surface area (Å²) in [7, 11) is 1.37. The summed E-state index contributed by atoms with van der Waals surface area (Å²) >= 11 is 3.29. The molecule has 1 aromatic heterocycles. The van der Waals surface area contributed by atoms with Gasteiger partial charge in [0.1, 0.15) is 0 Å². The maximum Gasteiger partial charge on any atom is 0.333 e. The predicted molar refractivity (Wildman–Crippen MR) is 55.7 cm³/mol. The van der Waals surface area contributed by atoms with E-state index in [4.69, 9.17) is 0 Å². The Morgan fingerprint density at radius 2 is 2.50 bits per heavy atom. The first-order valence-electron chi connectivity index (χ1n) is 4.06. The molecule has 0 N–H and O–H groups in total. The van der Waals surface area contributed by atoms with Crippen LogP contribution in [0, 0.1) is 0 Å². The third-order valence-electron chi connectivity index (χ3n) is 1.69. The van der Waals surface area contributed by atoms with E-state index in [1.807, 2.05) is 6.20 Å². The summed E-state index contributed by atoms with van der Waals surface area (Å²) in [6, 6.07) is 0. The van der Waals surface area contributed by atoms with Crippen molar-refractivity contribution in [3.63, 3.8) is 0 Å². The van der Waals surface area contributed by atoms with E-state index in [1.54, 1.807) is 23.9 Å². The molecule has 0 aromatic carbocycles. The lowest BCUT2D eigenvalue weighted by atomic mass is 10.3. The highest BCUT2D eigenvalue weighted by molar-refractivity contribution is 9.10. The van der Waals surface area contributed by atoms with Crippen molar-refractivity contribution in [1.29, 1.82) is 0 Å². The van der Waals surface area contributed by atoms with Crippen molar-refractivity contribution >= 4 is 21.9 Å². The number of hydrogen-bond acceptors (Lipinski definition) is 3. The molecule has 0 unspecified atom stereocenters. The normalized spacial score (nSPS) is 11.5. The molecule has 0 aliphatic carbocycles. The minimum atomic E-state index is -0.309. The molecule has 76 valence electrons. The second-order valence-corrected chi connectivity index (χ2v) is 3.67. The summed E-state index contributed by atoms with van der Waals surface area (Å²) in [6.45, 7) is 2.27. The summed E-state index contributed by atoms with van der Waals surface area (Å²) < 4.78 is 7.20. The van der Waals surface area contributed by atoms with Crippen molar-refractivity contribution in [3.05, 3.63) is 28.5 Å². The largest absolute Gasteiger partial charge is 0.466 e. The maximum absolute atomic E-state index is 11.0. The van der Waals surface area contributed by atoms with Gasteiger partial charge < -0.3 is 4.74 Å². The fourth-order valence-corrected chi connectivity index (χ4v) is 1.24. The average molecular weight is 259 g/mol. The highest BCUT2D eigenvalue weighted by Crippen LogP contribution is 2.06. The number of aromatic nitrogens is 2. The molecule has 0 spiro atoms. The summed E-state index contributed by atoms with van der Waals surface area (Å²) in [4.78, 5) is 11.0. The number of esters is 1. The highest BCUT2D eigenvalue weighted by atomic mass is 79.9. The number of carbonyl (C=O) groups is 1. The van der Waals surface area contributed by atoms with Crippen LogP contribution in [0.5, 0.6) is 0 Å². The van der Waals surface area contributed by atoms with E-state index in [1.165, 1.54) is 7.11 Å². The van der Waals surface area contributed by atoms with Crippen molar-refractivity contribution in [2.45, 2.75) is 13.5 Å². The Hall–Kier alpha value is -1.10. The van der Waals surface area contributed by atoms with Crippen LogP contribution in [0.25, 0.3) is 0 Å². The number of methoxy groups -OCH3 is 1. The van der Waals surface area contributed by atoms with Gasteiger partial charge in [-0.15, -0.1) is 0 Å². The number of allylic oxidation sites excluding steroid dienone is 1. The number of rotatable bonds is 3. The van der Waals surface area contributed by atoms with Crippen molar-refractivity contribution in [1.82, 2.24) is 9.78 Å². The minimum Gasteiger partial charge on any atom is -0.466 e. The first-order valence-corrected chi connectivity index (χ1v) is 4.86. The van der Waals surface area contributed by atoms with E-state index < -0.39 is 0 Å². The van der Waals surface area contributed by atoms with Crippen LogP contribution < -0.4 is 0 Å². The summed E-state index contributed by atoms with van der Waals surface area (Å²) in [6.07, 6.45) is 5.30. The van der Waals surface area contributed by atoms with Crippen molar-refractivity contribution in [2.24, 2.45) is 0 Å². The third-order valence-corrected chi connectivity index (χ3v) is 2.10. The van der Waals surface area contributed by atoms with Crippen LogP contribution in [0.1, 0.15) is 6.92 Å². The van der Waals surface area contributed by atoms with Gasteiger partial charge in [-0.1, -0.05) is 6.08 Å². The van der Waals surface area contributed by atoms with Crippen LogP contribution in [-0.4, -0.2) is 22.9 Å². The predicted octanol–water partition coefficient (Wildman–Crippen LogP) is 1.76. The molecule has 0 fully saturated rings. The van der Waals surface area contributed by atoms with Crippen LogP contribution >= 0.6 is 15.9 Å². The average Bonchev–Trinajstić information content (AvgIpc) is 2.59. The zero-order chi connectivity index (χ0) is 10.6. The molecule has 0 saturated carbocycles. The Labute approximate surface area is 90.7 Å². The molecule has 0 saturated heterocycles. The molecule has 0 bridgehead atoms. The lowest BCUT2D eigenvalue weighted by molar-refractivity contribution is -0.136. The van der Waals surface area contributed by atoms with Crippen LogP contribution in [-0.2, 0) is 16.1 Å². The fourth-order valence-electron chi connectivity index (χ4n) is 0.913. The zero-order valence-corrected chi connectivity index (χ0v) is 9.61. The topological polar surface area (TPSA) is 44.1 Å². The molecule has 0 amide bonds. The number of hydrogen-bond donors (Lipinski definition) is 0. The van der Waals surface area contributed by atoms with Crippen LogP contribution in [0.15, 0.2) is 28.5 Å². The molecule has 0 radical (unpaired) electrons. The summed E-state index contributed by atoms with van der Waals surface area (Å²) in [5.41, 5.74) is 0.583. The van der Waals surface area contributed by atoms with E-state index >= 15 is 0 Å². The molecule has 5 heteroatoms. The molecular weight excluding hydrogens is 248 g/mol. The smallest absolute Gasteiger partial charge is 0.333 e. The van der Waals surface area contributed by atoms with E-state index in [2.05, 4.69) is 25.8 Å². The number of ether oxygens (including phenoxy) is 1. The number of carbonyl (C=O) groups excluding carboxylic acids is 1. The van der Waals surface area contributed by atoms with Gasteiger partial charge in [-0.2, -0.15) is 5.10 Å². The van der Waals surface area contributed by atoms with Gasteiger partial charge in [0.25, 0.3) is 0 Å². The molecule has 1 aromatic rings. The quantitative estimate of drug-likeness (QED) is 0.613. The van der Waals surface area contributed by atoms with Gasteiger partial charge in [-0.25, -0.2) is 4.79 Å². The standard InChI is InChI=1S/C9H11BrN2O2/c1-7(9(13)14-2)3-4-12-6-8(10)5-11-12/h3,5-6H,4H2,1-2H3. The van der Waals surface area contributed by atoms with E-state index in [0.29, 0.717) is 12.1 Å². The van der Waals surface area contributed by atoms with E-state index in [-0.39, 0.29) is 5.97 Å². The molecule has 0 atom stereocenters. The molecular formula is C9H11BrN2O2. The molecule has 14 heavy (non-hydrogen) atoms. The van der Waals surface area contributed by atoms with Crippen LogP contribution in [0.3, 0.4) is 0 Å². The van der Waals surface area contributed by atoms with Crippen LogP contribution in [0.2, 0.25) is 0 Å².